The molecule has 4 heteroatoms. The van der Waals surface area contributed by atoms with E-state index in [0.717, 1.165) is 22.2 Å². The molecule has 4 nitrogen and oxygen atoms in total. The molecular weight excluding hydrogens is 238 g/mol. The maximum absolute atomic E-state index is 5.02. The van der Waals surface area contributed by atoms with E-state index in [4.69, 9.17) is 4.74 Å². The quantitative estimate of drug-likeness (QED) is 0.778. The number of hydrogen-bond acceptors (Lipinski definition) is 3. The Hall–Kier alpha value is -2.62. The van der Waals surface area contributed by atoms with E-state index in [1.807, 2.05) is 48.6 Å². The molecule has 3 aromatic rings. The number of nitrogens with one attached hydrogen (secondary N) is 1. The van der Waals surface area contributed by atoms with Crippen LogP contribution in [0.2, 0.25) is 0 Å². The van der Waals surface area contributed by atoms with E-state index in [1.54, 1.807) is 13.3 Å². The van der Waals surface area contributed by atoms with Crippen molar-refractivity contribution in [3.63, 3.8) is 0 Å². The number of hydrogen-bond donors (Lipinski definition) is 1. The SMILES string of the molecule is COc1ccc(C=Cc2n[nH]c3ccccc23)cn1. The minimum Gasteiger partial charge on any atom is -0.481 e. The van der Waals surface area contributed by atoms with Crippen LogP contribution in [0.5, 0.6) is 5.88 Å². The first-order valence-electron chi connectivity index (χ1n) is 5.98. The molecule has 0 aliphatic carbocycles. The Morgan fingerprint density at radius 3 is 2.79 bits per heavy atom. The fraction of sp³-hybridized carbons (Fsp3) is 0.0667. The molecule has 0 amide bonds. The van der Waals surface area contributed by atoms with Crippen LogP contribution in [0, 0.1) is 0 Å². The average Bonchev–Trinajstić information content (AvgIpc) is 2.89. The normalized spacial score (nSPS) is 11.2. The Bertz CT molecular complexity index is 714. The maximum Gasteiger partial charge on any atom is 0.212 e. The highest BCUT2D eigenvalue weighted by molar-refractivity contribution is 5.89. The van der Waals surface area contributed by atoms with Crippen LogP contribution in [0.1, 0.15) is 11.3 Å². The summed E-state index contributed by atoms with van der Waals surface area (Å²) in [5.41, 5.74) is 2.97. The van der Waals surface area contributed by atoms with E-state index >= 15 is 0 Å². The van der Waals surface area contributed by atoms with Crippen molar-refractivity contribution in [3.8, 4) is 5.88 Å². The monoisotopic (exact) mass is 251 g/mol. The molecule has 1 N–H and O–H groups in total. The standard InChI is InChI=1S/C15H13N3O/c1-19-15-9-7-11(10-16-15)6-8-14-12-4-2-3-5-13(12)17-18-14/h2-10H,1H3,(H,17,18). The lowest BCUT2D eigenvalue weighted by molar-refractivity contribution is 0.398. The highest BCUT2D eigenvalue weighted by atomic mass is 16.5. The molecule has 1 aromatic carbocycles. The molecule has 0 bridgehead atoms. The molecule has 19 heavy (non-hydrogen) atoms. The van der Waals surface area contributed by atoms with Gasteiger partial charge in [0, 0.05) is 17.6 Å². The first-order valence-corrected chi connectivity index (χ1v) is 5.98. The van der Waals surface area contributed by atoms with Gasteiger partial charge in [-0.05, 0) is 23.8 Å². The third-order valence-corrected chi connectivity index (χ3v) is 2.90. The fourth-order valence-corrected chi connectivity index (χ4v) is 1.90. The van der Waals surface area contributed by atoms with Gasteiger partial charge in [-0.3, -0.25) is 5.10 Å². The maximum atomic E-state index is 5.02. The predicted octanol–water partition coefficient (Wildman–Crippen LogP) is 3.14. The van der Waals surface area contributed by atoms with Gasteiger partial charge in [0.15, 0.2) is 0 Å². The Morgan fingerprint density at radius 2 is 2.00 bits per heavy atom. The second-order valence-corrected chi connectivity index (χ2v) is 4.12. The lowest BCUT2D eigenvalue weighted by atomic mass is 10.2. The molecule has 0 aliphatic heterocycles. The van der Waals surface area contributed by atoms with Crippen molar-refractivity contribution < 1.29 is 4.74 Å². The number of pyridine rings is 1. The number of para-hydroxylation sites is 1. The van der Waals surface area contributed by atoms with Gasteiger partial charge in [0.2, 0.25) is 5.88 Å². The number of methoxy groups -OCH3 is 1. The molecule has 0 saturated heterocycles. The first kappa shape index (κ1) is 11.5. The summed E-state index contributed by atoms with van der Waals surface area (Å²) < 4.78 is 5.02. The first-order chi connectivity index (χ1) is 9.36. The fourth-order valence-electron chi connectivity index (χ4n) is 1.90. The zero-order valence-electron chi connectivity index (χ0n) is 10.5. The van der Waals surface area contributed by atoms with E-state index in [2.05, 4.69) is 15.2 Å². The lowest BCUT2D eigenvalue weighted by Gasteiger charge is -1.97. The Labute approximate surface area is 110 Å². The van der Waals surface area contributed by atoms with E-state index < -0.39 is 0 Å². The molecule has 0 aliphatic rings. The molecule has 2 heterocycles. The topological polar surface area (TPSA) is 50.8 Å². The summed E-state index contributed by atoms with van der Waals surface area (Å²) in [5.74, 6) is 0.613. The lowest BCUT2D eigenvalue weighted by Crippen LogP contribution is -1.86. The van der Waals surface area contributed by atoms with Crippen LogP contribution >= 0.6 is 0 Å². The average molecular weight is 251 g/mol. The summed E-state index contributed by atoms with van der Waals surface area (Å²) in [7, 11) is 1.60. The van der Waals surface area contributed by atoms with Gasteiger partial charge in [-0.25, -0.2) is 4.98 Å². The molecule has 0 saturated carbocycles. The molecule has 94 valence electrons. The number of fused-ring (bicyclic) bond motifs is 1. The number of nitrogens with zero attached hydrogens (tertiary/aromatic N) is 2. The van der Waals surface area contributed by atoms with Crippen LogP contribution in [0.15, 0.2) is 42.6 Å². The third-order valence-electron chi connectivity index (χ3n) is 2.90. The van der Waals surface area contributed by atoms with Crippen LogP contribution in [-0.2, 0) is 0 Å². The van der Waals surface area contributed by atoms with E-state index in [0.29, 0.717) is 5.88 Å². The number of aromatic amines is 1. The van der Waals surface area contributed by atoms with Crippen LogP contribution in [-0.4, -0.2) is 22.3 Å². The van der Waals surface area contributed by atoms with Crippen molar-refractivity contribution >= 4 is 23.1 Å². The number of rotatable bonds is 3. The molecule has 0 spiro atoms. The van der Waals surface area contributed by atoms with Crippen molar-refractivity contribution in [2.45, 2.75) is 0 Å². The van der Waals surface area contributed by atoms with Crippen LogP contribution in [0.4, 0.5) is 0 Å². The van der Waals surface area contributed by atoms with Crippen LogP contribution in [0.3, 0.4) is 0 Å². The zero-order chi connectivity index (χ0) is 13.1. The van der Waals surface area contributed by atoms with Crippen molar-refractivity contribution in [3.05, 3.63) is 53.9 Å². The molecule has 0 fully saturated rings. The summed E-state index contributed by atoms with van der Waals surface area (Å²) in [5, 5.41) is 8.40. The highest BCUT2D eigenvalue weighted by Gasteiger charge is 2.00. The summed E-state index contributed by atoms with van der Waals surface area (Å²) in [6, 6.07) is 11.8. The highest BCUT2D eigenvalue weighted by Crippen LogP contribution is 2.17. The van der Waals surface area contributed by atoms with Gasteiger partial charge in [0.05, 0.1) is 18.3 Å². The van der Waals surface area contributed by atoms with Crippen LogP contribution < -0.4 is 4.74 Å². The summed E-state index contributed by atoms with van der Waals surface area (Å²) in [4.78, 5) is 4.16. The minimum atomic E-state index is 0.613. The van der Waals surface area contributed by atoms with Gasteiger partial charge in [0.1, 0.15) is 0 Å². The van der Waals surface area contributed by atoms with Gasteiger partial charge in [-0.1, -0.05) is 24.3 Å². The van der Waals surface area contributed by atoms with E-state index in [-0.39, 0.29) is 0 Å². The van der Waals surface area contributed by atoms with E-state index in [1.165, 1.54) is 0 Å². The van der Waals surface area contributed by atoms with E-state index in [9.17, 15) is 0 Å². The smallest absolute Gasteiger partial charge is 0.212 e. The molecule has 2 aromatic heterocycles. The van der Waals surface area contributed by atoms with Crippen molar-refractivity contribution in [2.75, 3.05) is 7.11 Å². The predicted molar refractivity (Wildman–Crippen MR) is 75.8 cm³/mol. The number of aromatic nitrogens is 3. The number of H-pyrrole nitrogens is 1. The van der Waals surface area contributed by atoms with Crippen molar-refractivity contribution in [1.82, 2.24) is 15.2 Å². The summed E-state index contributed by atoms with van der Waals surface area (Å²) in [6.45, 7) is 0. The third kappa shape index (κ3) is 2.33. The van der Waals surface area contributed by atoms with Gasteiger partial charge in [-0.2, -0.15) is 5.10 Å². The molecular formula is C15H13N3O. The molecule has 0 radical (unpaired) electrons. The zero-order valence-corrected chi connectivity index (χ0v) is 10.5. The molecule has 3 rings (SSSR count). The van der Waals surface area contributed by atoms with Gasteiger partial charge < -0.3 is 4.74 Å². The Morgan fingerprint density at radius 1 is 1.11 bits per heavy atom. The van der Waals surface area contributed by atoms with Crippen molar-refractivity contribution in [2.24, 2.45) is 0 Å². The van der Waals surface area contributed by atoms with Crippen LogP contribution in [0.25, 0.3) is 23.1 Å². The van der Waals surface area contributed by atoms with Gasteiger partial charge >= 0.3 is 0 Å². The van der Waals surface area contributed by atoms with Gasteiger partial charge in [-0.15, -0.1) is 0 Å². The Balaban J connectivity index is 1.89. The molecule has 0 unspecified atom stereocenters. The van der Waals surface area contributed by atoms with Gasteiger partial charge in [0.25, 0.3) is 0 Å². The number of ether oxygens (including phenoxy) is 1. The summed E-state index contributed by atoms with van der Waals surface area (Å²) >= 11 is 0. The second-order valence-electron chi connectivity index (χ2n) is 4.12. The second kappa shape index (κ2) is 4.94. The Kier molecular flexibility index (Phi) is 2.98. The number of benzene rings is 1. The summed E-state index contributed by atoms with van der Waals surface area (Å²) in [6.07, 6.45) is 5.72. The minimum absolute atomic E-state index is 0.613. The largest absolute Gasteiger partial charge is 0.481 e. The van der Waals surface area contributed by atoms with Crippen molar-refractivity contribution in [1.29, 1.82) is 0 Å². The molecule has 0 atom stereocenters.